The van der Waals surface area contributed by atoms with Crippen LogP contribution >= 0.6 is 0 Å². The summed E-state index contributed by atoms with van der Waals surface area (Å²) in [6, 6.07) is 14.5. The minimum Gasteiger partial charge on any atom is -0.478 e. The predicted molar refractivity (Wildman–Crippen MR) is 113 cm³/mol. The third kappa shape index (κ3) is 7.18. The Hall–Kier alpha value is -2.62. The molecule has 152 valence electrons. The van der Waals surface area contributed by atoms with E-state index in [4.69, 9.17) is 9.84 Å². The van der Waals surface area contributed by atoms with Crippen LogP contribution in [0.15, 0.2) is 48.5 Å². The van der Waals surface area contributed by atoms with Crippen LogP contribution in [0.5, 0.6) is 5.75 Å². The van der Waals surface area contributed by atoms with Gasteiger partial charge in [-0.1, -0.05) is 50.6 Å². The molecule has 2 rings (SSSR count). The maximum Gasteiger partial charge on any atom is 0.335 e. The molecule has 0 aliphatic carbocycles. The van der Waals surface area contributed by atoms with E-state index in [1.54, 1.807) is 13.8 Å². The smallest absolute Gasteiger partial charge is 0.335 e. The number of carbonyl (C=O) groups excluding carboxylic acids is 1. The lowest BCUT2D eigenvalue weighted by Gasteiger charge is -2.19. The summed E-state index contributed by atoms with van der Waals surface area (Å²) in [5, 5.41) is 8.72. The Balaban J connectivity index is 0.000000307. The van der Waals surface area contributed by atoms with Crippen LogP contribution in [0.2, 0.25) is 0 Å². The number of aryl methyl sites for hydroxylation is 1. The highest BCUT2D eigenvalue weighted by atomic mass is 16.5. The van der Waals surface area contributed by atoms with E-state index in [1.165, 1.54) is 41.8 Å². The molecule has 1 atom stereocenters. The lowest BCUT2D eigenvalue weighted by molar-refractivity contribution is -0.144. The van der Waals surface area contributed by atoms with Gasteiger partial charge in [0.15, 0.2) is 0 Å². The molecule has 0 saturated carbocycles. The summed E-state index contributed by atoms with van der Waals surface area (Å²) >= 11 is 0. The molecular formula is C24H32O4. The number of rotatable bonds is 6. The predicted octanol–water partition coefficient (Wildman–Crippen LogP) is 6.23. The second-order valence-electron chi connectivity index (χ2n) is 7.68. The van der Waals surface area contributed by atoms with E-state index in [0.717, 1.165) is 0 Å². The van der Waals surface area contributed by atoms with Gasteiger partial charge < -0.3 is 9.84 Å². The Morgan fingerprint density at radius 3 is 2.14 bits per heavy atom. The summed E-state index contributed by atoms with van der Waals surface area (Å²) in [5.74, 6) is -0.253. The summed E-state index contributed by atoms with van der Waals surface area (Å²) in [5.41, 5.74) is 2.46. The Bertz CT molecular complexity index is 775. The molecule has 2 aromatic rings. The second-order valence-corrected chi connectivity index (χ2v) is 7.68. The number of carboxylic acids is 1. The van der Waals surface area contributed by atoms with Crippen molar-refractivity contribution in [2.75, 3.05) is 0 Å². The van der Waals surface area contributed by atoms with Crippen LogP contribution in [0.25, 0.3) is 0 Å². The first-order valence-electron chi connectivity index (χ1n) is 9.72. The van der Waals surface area contributed by atoms with Gasteiger partial charge >= 0.3 is 11.9 Å². The van der Waals surface area contributed by atoms with Crippen LogP contribution in [0.3, 0.4) is 0 Å². The maximum atomic E-state index is 11.7. The zero-order valence-corrected chi connectivity index (χ0v) is 17.8. The maximum absolute atomic E-state index is 11.7. The lowest BCUT2D eigenvalue weighted by Crippen LogP contribution is -2.28. The SMILES string of the molecule is CCC(C)(C)C(=O)Oc1ccc(C(=O)O)cc1.CCC(C)c1cccc(C)c1. The summed E-state index contributed by atoms with van der Waals surface area (Å²) in [4.78, 5) is 22.4. The van der Waals surface area contributed by atoms with E-state index in [0.29, 0.717) is 18.1 Å². The number of esters is 1. The fourth-order valence-electron chi connectivity index (χ4n) is 2.27. The molecule has 28 heavy (non-hydrogen) atoms. The van der Waals surface area contributed by atoms with Gasteiger partial charge in [0.25, 0.3) is 0 Å². The first-order valence-corrected chi connectivity index (χ1v) is 9.72. The van der Waals surface area contributed by atoms with Crippen molar-refractivity contribution < 1.29 is 19.4 Å². The molecule has 4 heteroatoms. The molecule has 0 heterocycles. The minimum absolute atomic E-state index is 0.166. The van der Waals surface area contributed by atoms with E-state index in [9.17, 15) is 9.59 Å². The minimum atomic E-state index is -1.00. The first-order chi connectivity index (χ1) is 13.1. The van der Waals surface area contributed by atoms with Gasteiger partial charge in [-0.05, 0) is 69.4 Å². The second kappa shape index (κ2) is 10.6. The van der Waals surface area contributed by atoms with Gasteiger partial charge in [-0.15, -0.1) is 0 Å². The average Bonchev–Trinajstić information content (AvgIpc) is 2.68. The van der Waals surface area contributed by atoms with Crippen LogP contribution in [-0.2, 0) is 4.79 Å². The molecule has 0 fully saturated rings. The Labute approximate surface area is 168 Å². The van der Waals surface area contributed by atoms with Crippen LogP contribution < -0.4 is 4.74 Å². The van der Waals surface area contributed by atoms with Gasteiger partial charge in [0.2, 0.25) is 0 Å². The largest absolute Gasteiger partial charge is 0.478 e. The van der Waals surface area contributed by atoms with Gasteiger partial charge in [-0.3, -0.25) is 4.79 Å². The monoisotopic (exact) mass is 384 g/mol. The highest BCUT2D eigenvalue weighted by Gasteiger charge is 2.27. The lowest BCUT2D eigenvalue weighted by atomic mass is 9.91. The summed E-state index contributed by atoms with van der Waals surface area (Å²) in [7, 11) is 0. The number of benzene rings is 2. The summed E-state index contributed by atoms with van der Waals surface area (Å²) in [6.45, 7) is 12.2. The van der Waals surface area contributed by atoms with Crippen LogP contribution in [0.1, 0.15) is 74.9 Å². The van der Waals surface area contributed by atoms with Crippen molar-refractivity contribution in [2.45, 2.75) is 60.3 Å². The molecule has 0 bridgehead atoms. The number of carbonyl (C=O) groups is 2. The van der Waals surface area contributed by atoms with Crippen LogP contribution in [0.4, 0.5) is 0 Å². The molecule has 0 aliphatic rings. The van der Waals surface area contributed by atoms with Gasteiger partial charge in [0, 0.05) is 0 Å². The third-order valence-corrected chi connectivity index (χ3v) is 4.97. The van der Waals surface area contributed by atoms with Crippen LogP contribution in [0, 0.1) is 12.3 Å². The van der Waals surface area contributed by atoms with Crippen molar-refractivity contribution in [3.63, 3.8) is 0 Å². The fraction of sp³-hybridized carbons (Fsp3) is 0.417. The Morgan fingerprint density at radius 2 is 1.68 bits per heavy atom. The van der Waals surface area contributed by atoms with E-state index >= 15 is 0 Å². The summed E-state index contributed by atoms with van der Waals surface area (Å²) < 4.78 is 5.17. The quantitative estimate of drug-likeness (QED) is 0.473. The number of hydrogen-bond acceptors (Lipinski definition) is 3. The fourth-order valence-corrected chi connectivity index (χ4v) is 2.27. The number of aromatic carboxylic acids is 1. The number of ether oxygens (including phenoxy) is 1. The summed E-state index contributed by atoms with van der Waals surface area (Å²) in [6.07, 6.45) is 1.91. The van der Waals surface area contributed by atoms with Crippen molar-refractivity contribution in [1.82, 2.24) is 0 Å². The normalized spacial score (nSPS) is 11.8. The van der Waals surface area contributed by atoms with Crippen molar-refractivity contribution >= 4 is 11.9 Å². The van der Waals surface area contributed by atoms with Gasteiger partial charge in [-0.25, -0.2) is 4.79 Å². The highest BCUT2D eigenvalue weighted by molar-refractivity contribution is 5.87. The highest BCUT2D eigenvalue weighted by Crippen LogP contribution is 2.23. The standard InChI is InChI=1S/C13H16O4.C11H16/c1-4-13(2,3)12(16)17-10-7-5-9(6-8-10)11(14)15;1-4-10(3)11-7-5-6-9(2)8-11/h5-8H,4H2,1-3H3,(H,14,15);5-8,10H,4H2,1-3H3. The zero-order chi connectivity index (χ0) is 21.3. The van der Waals surface area contributed by atoms with Crippen molar-refractivity contribution in [2.24, 2.45) is 5.41 Å². The molecule has 2 aromatic carbocycles. The first kappa shape index (κ1) is 23.4. The van der Waals surface area contributed by atoms with Crippen molar-refractivity contribution in [3.05, 3.63) is 65.2 Å². The van der Waals surface area contributed by atoms with Crippen LogP contribution in [-0.4, -0.2) is 17.0 Å². The molecular weight excluding hydrogens is 352 g/mol. The number of carboxylic acid groups (broad SMARTS) is 1. The molecule has 1 unspecified atom stereocenters. The zero-order valence-electron chi connectivity index (χ0n) is 17.8. The molecule has 0 amide bonds. The average molecular weight is 385 g/mol. The van der Waals surface area contributed by atoms with Gasteiger partial charge in [0.05, 0.1) is 11.0 Å². The van der Waals surface area contributed by atoms with Gasteiger partial charge in [-0.2, -0.15) is 0 Å². The van der Waals surface area contributed by atoms with Crippen molar-refractivity contribution in [1.29, 1.82) is 0 Å². The van der Waals surface area contributed by atoms with E-state index in [1.807, 2.05) is 6.92 Å². The molecule has 0 aromatic heterocycles. The molecule has 4 nitrogen and oxygen atoms in total. The van der Waals surface area contributed by atoms with E-state index in [-0.39, 0.29) is 11.5 Å². The molecule has 1 N–H and O–H groups in total. The molecule has 0 radical (unpaired) electrons. The molecule has 0 spiro atoms. The number of hydrogen-bond donors (Lipinski definition) is 1. The van der Waals surface area contributed by atoms with Gasteiger partial charge in [0.1, 0.15) is 5.75 Å². The molecule has 0 saturated heterocycles. The van der Waals surface area contributed by atoms with E-state index in [2.05, 4.69) is 45.0 Å². The Kier molecular flexibility index (Phi) is 8.90. The molecule has 0 aliphatic heterocycles. The van der Waals surface area contributed by atoms with Crippen molar-refractivity contribution in [3.8, 4) is 5.75 Å². The third-order valence-electron chi connectivity index (χ3n) is 4.97. The topological polar surface area (TPSA) is 63.6 Å². The van der Waals surface area contributed by atoms with E-state index < -0.39 is 11.4 Å². The Morgan fingerprint density at radius 1 is 1.07 bits per heavy atom.